The average Bonchev–Trinajstić information content (AvgIpc) is 2.14. The number of likely N-dealkylation sites (N-methyl/N-ethyl adjacent to an activating group) is 1. The molecule has 3 nitrogen and oxygen atoms in total. The standard InChI is InChI=1S/C11H25NO2/c1-5-12-11(7-8-13-6-2)9-14-10(3)4/h10-12H,5-9H2,1-4H3. The van der Waals surface area contributed by atoms with E-state index in [0.29, 0.717) is 12.1 Å². The van der Waals surface area contributed by atoms with E-state index in [2.05, 4.69) is 26.1 Å². The van der Waals surface area contributed by atoms with Gasteiger partial charge in [-0.1, -0.05) is 6.92 Å². The first-order chi connectivity index (χ1) is 6.70. The largest absolute Gasteiger partial charge is 0.382 e. The molecule has 3 heteroatoms. The zero-order chi connectivity index (χ0) is 10.8. The summed E-state index contributed by atoms with van der Waals surface area (Å²) in [6, 6.07) is 0.425. The Balaban J connectivity index is 3.54. The zero-order valence-corrected chi connectivity index (χ0v) is 10.0. The highest BCUT2D eigenvalue weighted by molar-refractivity contribution is 4.65. The van der Waals surface area contributed by atoms with Crippen LogP contribution in [-0.4, -0.2) is 38.5 Å². The first-order valence-corrected chi connectivity index (χ1v) is 5.63. The van der Waals surface area contributed by atoms with Crippen LogP contribution >= 0.6 is 0 Å². The van der Waals surface area contributed by atoms with Gasteiger partial charge in [0.25, 0.3) is 0 Å². The van der Waals surface area contributed by atoms with Crippen molar-refractivity contribution in [3.8, 4) is 0 Å². The first-order valence-electron chi connectivity index (χ1n) is 5.63. The second kappa shape index (κ2) is 9.44. The number of ether oxygens (including phenoxy) is 2. The second-order valence-corrected chi connectivity index (χ2v) is 3.62. The lowest BCUT2D eigenvalue weighted by molar-refractivity contribution is 0.0499. The molecule has 0 heterocycles. The topological polar surface area (TPSA) is 30.5 Å². The molecule has 1 unspecified atom stereocenters. The molecule has 0 saturated heterocycles. The van der Waals surface area contributed by atoms with E-state index >= 15 is 0 Å². The molecule has 0 rings (SSSR count). The Bertz CT molecular complexity index is 118. The van der Waals surface area contributed by atoms with Gasteiger partial charge in [-0.3, -0.25) is 0 Å². The smallest absolute Gasteiger partial charge is 0.0623 e. The lowest BCUT2D eigenvalue weighted by Crippen LogP contribution is -2.35. The Morgan fingerprint density at radius 3 is 2.43 bits per heavy atom. The number of rotatable bonds is 9. The third-order valence-corrected chi connectivity index (χ3v) is 1.94. The summed E-state index contributed by atoms with van der Waals surface area (Å²) in [6.07, 6.45) is 1.33. The van der Waals surface area contributed by atoms with Gasteiger partial charge in [-0.05, 0) is 33.7 Å². The molecule has 1 atom stereocenters. The van der Waals surface area contributed by atoms with Crippen LogP contribution in [0.25, 0.3) is 0 Å². The van der Waals surface area contributed by atoms with Crippen LogP contribution in [0.3, 0.4) is 0 Å². The zero-order valence-electron chi connectivity index (χ0n) is 10.0. The molecule has 86 valence electrons. The molecule has 0 radical (unpaired) electrons. The maximum atomic E-state index is 5.57. The Kier molecular flexibility index (Phi) is 9.35. The molecule has 0 aliphatic heterocycles. The molecule has 14 heavy (non-hydrogen) atoms. The normalized spacial score (nSPS) is 13.5. The molecular weight excluding hydrogens is 178 g/mol. The fraction of sp³-hybridized carbons (Fsp3) is 1.00. The van der Waals surface area contributed by atoms with E-state index in [0.717, 1.165) is 32.8 Å². The van der Waals surface area contributed by atoms with Crippen LogP contribution in [0.1, 0.15) is 34.1 Å². The Morgan fingerprint density at radius 1 is 1.21 bits per heavy atom. The fourth-order valence-corrected chi connectivity index (χ4v) is 1.21. The molecule has 0 amide bonds. The van der Waals surface area contributed by atoms with Gasteiger partial charge < -0.3 is 14.8 Å². The summed E-state index contributed by atoms with van der Waals surface area (Å²) >= 11 is 0. The molecule has 0 saturated carbocycles. The van der Waals surface area contributed by atoms with Gasteiger partial charge in [-0.2, -0.15) is 0 Å². The summed E-state index contributed by atoms with van der Waals surface area (Å²) in [5.41, 5.74) is 0. The summed E-state index contributed by atoms with van der Waals surface area (Å²) in [5, 5.41) is 3.39. The lowest BCUT2D eigenvalue weighted by atomic mass is 10.2. The molecule has 0 fully saturated rings. The molecule has 0 bridgehead atoms. The highest BCUT2D eigenvalue weighted by Crippen LogP contribution is 1.97. The molecule has 0 aromatic heterocycles. The number of nitrogens with one attached hydrogen (secondary N) is 1. The van der Waals surface area contributed by atoms with Gasteiger partial charge in [-0.15, -0.1) is 0 Å². The maximum absolute atomic E-state index is 5.57. The Hall–Kier alpha value is -0.120. The van der Waals surface area contributed by atoms with Crippen molar-refractivity contribution in [2.45, 2.75) is 46.3 Å². The minimum absolute atomic E-state index is 0.309. The van der Waals surface area contributed by atoms with Crippen molar-refractivity contribution in [1.82, 2.24) is 5.32 Å². The molecular formula is C11H25NO2. The quantitative estimate of drug-likeness (QED) is 0.580. The molecule has 0 aliphatic carbocycles. The number of hydrogen-bond acceptors (Lipinski definition) is 3. The molecule has 0 aromatic carbocycles. The maximum Gasteiger partial charge on any atom is 0.0623 e. The van der Waals surface area contributed by atoms with E-state index in [9.17, 15) is 0 Å². The first kappa shape index (κ1) is 13.9. The lowest BCUT2D eigenvalue weighted by Gasteiger charge is -2.19. The monoisotopic (exact) mass is 203 g/mol. The third-order valence-electron chi connectivity index (χ3n) is 1.94. The van der Waals surface area contributed by atoms with Crippen molar-refractivity contribution in [2.75, 3.05) is 26.4 Å². The van der Waals surface area contributed by atoms with E-state index in [1.54, 1.807) is 0 Å². The van der Waals surface area contributed by atoms with Crippen LogP contribution < -0.4 is 5.32 Å². The number of hydrogen-bond donors (Lipinski definition) is 1. The van der Waals surface area contributed by atoms with Gasteiger partial charge in [0.1, 0.15) is 0 Å². The van der Waals surface area contributed by atoms with E-state index in [1.807, 2.05) is 6.92 Å². The Morgan fingerprint density at radius 2 is 1.93 bits per heavy atom. The van der Waals surface area contributed by atoms with Gasteiger partial charge in [-0.25, -0.2) is 0 Å². The van der Waals surface area contributed by atoms with Crippen LogP contribution in [0.5, 0.6) is 0 Å². The van der Waals surface area contributed by atoms with E-state index in [-0.39, 0.29) is 0 Å². The highest BCUT2D eigenvalue weighted by Gasteiger charge is 2.07. The second-order valence-electron chi connectivity index (χ2n) is 3.62. The minimum atomic E-state index is 0.309. The van der Waals surface area contributed by atoms with Crippen molar-refractivity contribution in [1.29, 1.82) is 0 Å². The van der Waals surface area contributed by atoms with Crippen molar-refractivity contribution in [2.24, 2.45) is 0 Å². The van der Waals surface area contributed by atoms with Crippen molar-refractivity contribution in [3.05, 3.63) is 0 Å². The van der Waals surface area contributed by atoms with E-state index in [4.69, 9.17) is 9.47 Å². The van der Waals surface area contributed by atoms with Crippen molar-refractivity contribution >= 4 is 0 Å². The van der Waals surface area contributed by atoms with Gasteiger partial charge in [0.2, 0.25) is 0 Å². The molecule has 0 aliphatic rings. The predicted octanol–water partition coefficient (Wildman–Crippen LogP) is 1.82. The SMILES string of the molecule is CCNC(CCOCC)COC(C)C. The van der Waals surface area contributed by atoms with Gasteiger partial charge in [0.05, 0.1) is 12.7 Å². The van der Waals surface area contributed by atoms with Crippen LogP contribution in [0.15, 0.2) is 0 Å². The van der Waals surface area contributed by atoms with Crippen LogP contribution in [0.2, 0.25) is 0 Å². The van der Waals surface area contributed by atoms with E-state index in [1.165, 1.54) is 0 Å². The highest BCUT2D eigenvalue weighted by atomic mass is 16.5. The molecule has 0 spiro atoms. The van der Waals surface area contributed by atoms with Crippen molar-refractivity contribution < 1.29 is 9.47 Å². The minimum Gasteiger partial charge on any atom is -0.382 e. The van der Waals surface area contributed by atoms with Crippen LogP contribution in [0, 0.1) is 0 Å². The van der Waals surface area contributed by atoms with E-state index < -0.39 is 0 Å². The van der Waals surface area contributed by atoms with Gasteiger partial charge in [0.15, 0.2) is 0 Å². The Labute approximate surface area is 88.2 Å². The summed E-state index contributed by atoms with van der Waals surface area (Å²) in [4.78, 5) is 0. The fourth-order valence-electron chi connectivity index (χ4n) is 1.21. The van der Waals surface area contributed by atoms with Crippen LogP contribution in [-0.2, 0) is 9.47 Å². The summed E-state index contributed by atoms with van der Waals surface area (Å²) in [5.74, 6) is 0. The summed E-state index contributed by atoms with van der Waals surface area (Å²) < 4.78 is 10.9. The third kappa shape index (κ3) is 8.48. The summed E-state index contributed by atoms with van der Waals surface area (Å²) in [6.45, 7) is 11.6. The molecule has 1 N–H and O–H groups in total. The van der Waals surface area contributed by atoms with Gasteiger partial charge in [0, 0.05) is 19.3 Å². The average molecular weight is 203 g/mol. The van der Waals surface area contributed by atoms with Gasteiger partial charge >= 0.3 is 0 Å². The molecule has 0 aromatic rings. The van der Waals surface area contributed by atoms with Crippen molar-refractivity contribution in [3.63, 3.8) is 0 Å². The summed E-state index contributed by atoms with van der Waals surface area (Å²) in [7, 11) is 0. The van der Waals surface area contributed by atoms with Crippen LogP contribution in [0.4, 0.5) is 0 Å². The predicted molar refractivity (Wildman–Crippen MR) is 59.7 cm³/mol.